The molecule has 0 bridgehead atoms. The van der Waals surface area contributed by atoms with Gasteiger partial charge in [-0.05, 0) is 30.4 Å². The van der Waals surface area contributed by atoms with Crippen LogP contribution < -0.4 is 0 Å². The third-order valence-corrected chi connectivity index (χ3v) is 7.43. The van der Waals surface area contributed by atoms with Gasteiger partial charge in [0, 0.05) is 19.2 Å². The van der Waals surface area contributed by atoms with E-state index >= 15 is 0 Å². The highest BCUT2D eigenvalue weighted by molar-refractivity contribution is 7.91. The molecule has 2 atom stereocenters. The molecule has 5 heteroatoms. The minimum absolute atomic E-state index is 0.0320. The predicted molar refractivity (Wildman–Crippen MR) is 107 cm³/mol. The molecule has 27 heavy (non-hydrogen) atoms. The van der Waals surface area contributed by atoms with E-state index in [1.165, 1.54) is 11.1 Å². The first-order valence-corrected chi connectivity index (χ1v) is 11.6. The fourth-order valence-corrected chi connectivity index (χ4v) is 6.11. The molecule has 0 aromatic heterocycles. The molecule has 144 valence electrons. The molecule has 2 heterocycles. The summed E-state index contributed by atoms with van der Waals surface area (Å²) in [7, 11) is -2.95. The number of nitrogens with zero attached hydrogens (tertiary/aromatic N) is 1. The normalized spacial score (nSPS) is 24.7. The van der Waals surface area contributed by atoms with Gasteiger partial charge in [-0.15, -0.1) is 0 Å². The number of hydrogen-bond acceptors (Lipinski definition) is 4. The summed E-state index contributed by atoms with van der Waals surface area (Å²) < 4.78 is 30.4. The third kappa shape index (κ3) is 4.42. The summed E-state index contributed by atoms with van der Waals surface area (Å²) >= 11 is 0. The van der Waals surface area contributed by atoms with E-state index in [0.29, 0.717) is 6.42 Å². The maximum absolute atomic E-state index is 12.2. The molecule has 0 N–H and O–H groups in total. The van der Waals surface area contributed by atoms with Crippen LogP contribution >= 0.6 is 0 Å². The number of ether oxygens (including phenoxy) is 1. The van der Waals surface area contributed by atoms with Crippen molar-refractivity contribution in [2.24, 2.45) is 0 Å². The van der Waals surface area contributed by atoms with Gasteiger partial charge in [-0.2, -0.15) is 0 Å². The van der Waals surface area contributed by atoms with Crippen LogP contribution in [0.1, 0.15) is 36.4 Å². The maximum atomic E-state index is 12.2. The van der Waals surface area contributed by atoms with Crippen molar-refractivity contribution in [1.82, 2.24) is 4.90 Å². The molecular weight excluding hydrogens is 358 g/mol. The molecule has 0 saturated carbocycles. The fraction of sp³-hybridized carbons (Fsp3) is 0.455. The van der Waals surface area contributed by atoms with Crippen molar-refractivity contribution in [3.63, 3.8) is 0 Å². The van der Waals surface area contributed by atoms with Gasteiger partial charge in [-0.25, -0.2) is 8.42 Å². The topological polar surface area (TPSA) is 46.6 Å². The fourth-order valence-electron chi connectivity index (χ4n) is 4.37. The van der Waals surface area contributed by atoms with Crippen molar-refractivity contribution in [3.8, 4) is 0 Å². The summed E-state index contributed by atoms with van der Waals surface area (Å²) in [5.41, 5.74) is 2.40. The van der Waals surface area contributed by atoms with E-state index in [-0.39, 0.29) is 29.7 Å². The second-order valence-corrected chi connectivity index (χ2v) is 9.84. The second-order valence-electron chi connectivity index (χ2n) is 7.61. The highest BCUT2D eigenvalue weighted by atomic mass is 32.2. The Hall–Kier alpha value is -1.69. The Morgan fingerprint density at radius 3 is 2.07 bits per heavy atom. The van der Waals surface area contributed by atoms with Crippen molar-refractivity contribution < 1.29 is 13.2 Å². The standard InChI is InChI=1S/C22H27NO3S/c24-27(25)15-13-20(17-27)23(16-21-12-7-14-26-21)22(18-8-3-1-4-9-18)19-10-5-2-6-11-19/h1-6,8-11,20-22H,7,12-17H2/t20-,21-/m1/s1. The molecule has 0 unspecified atom stereocenters. The lowest BCUT2D eigenvalue weighted by Crippen LogP contribution is -2.44. The molecule has 0 amide bonds. The summed E-state index contributed by atoms with van der Waals surface area (Å²) in [6.45, 7) is 1.58. The smallest absolute Gasteiger partial charge is 0.151 e. The molecule has 0 spiro atoms. The van der Waals surface area contributed by atoms with Crippen LogP contribution in [-0.4, -0.2) is 50.1 Å². The second kappa shape index (κ2) is 8.13. The van der Waals surface area contributed by atoms with Crippen molar-refractivity contribution in [2.75, 3.05) is 24.7 Å². The zero-order valence-electron chi connectivity index (χ0n) is 15.5. The highest BCUT2D eigenvalue weighted by Gasteiger charge is 2.38. The van der Waals surface area contributed by atoms with Gasteiger partial charge < -0.3 is 4.74 Å². The number of benzene rings is 2. The van der Waals surface area contributed by atoms with Gasteiger partial charge in [0.1, 0.15) is 0 Å². The molecule has 0 radical (unpaired) electrons. The summed E-state index contributed by atoms with van der Waals surface area (Å²) in [6, 6.07) is 20.9. The zero-order chi connectivity index (χ0) is 18.7. The lowest BCUT2D eigenvalue weighted by atomic mass is 9.94. The molecule has 2 saturated heterocycles. The van der Waals surface area contributed by atoms with Crippen LogP contribution in [0.4, 0.5) is 0 Å². The van der Waals surface area contributed by atoms with E-state index in [9.17, 15) is 8.42 Å². The van der Waals surface area contributed by atoms with Crippen molar-refractivity contribution >= 4 is 9.84 Å². The number of hydrogen-bond donors (Lipinski definition) is 0. The summed E-state index contributed by atoms with van der Waals surface area (Å²) in [5.74, 6) is 0.534. The molecule has 2 aliphatic heterocycles. The minimum Gasteiger partial charge on any atom is -0.377 e. The Bertz CT molecular complexity index is 793. The summed E-state index contributed by atoms with van der Waals surface area (Å²) in [4.78, 5) is 2.39. The van der Waals surface area contributed by atoms with Crippen LogP contribution in [0.25, 0.3) is 0 Å². The van der Waals surface area contributed by atoms with Crippen LogP contribution in [0.2, 0.25) is 0 Å². The Kier molecular flexibility index (Phi) is 5.62. The first-order valence-electron chi connectivity index (χ1n) is 9.80. The molecule has 4 nitrogen and oxygen atoms in total. The van der Waals surface area contributed by atoms with Crippen LogP contribution in [0.5, 0.6) is 0 Å². The largest absolute Gasteiger partial charge is 0.377 e. The van der Waals surface area contributed by atoms with Gasteiger partial charge in [0.25, 0.3) is 0 Å². The Balaban J connectivity index is 1.73. The van der Waals surface area contributed by atoms with E-state index in [4.69, 9.17) is 4.74 Å². The lowest BCUT2D eigenvalue weighted by molar-refractivity contribution is 0.0476. The first kappa shape index (κ1) is 18.7. The van der Waals surface area contributed by atoms with Gasteiger partial charge in [-0.1, -0.05) is 60.7 Å². The zero-order valence-corrected chi connectivity index (χ0v) is 16.4. The number of sulfone groups is 1. The van der Waals surface area contributed by atoms with Gasteiger partial charge in [0.05, 0.1) is 23.7 Å². The Morgan fingerprint density at radius 2 is 1.59 bits per heavy atom. The molecule has 2 fully saturated rings. The maximum Gasteiger partial charge on any atom is 0.151 e. The van der Waals surface area contributed by atoms with Gasteiger partial charge >= 0.3 is 0 Å². The van der Waals surface area contributed by atoms with Crippen molar-refractivity contribution in [1.29, 1.82) is 0 Å². The molecule has 4 rings (SSSR count). The van der Waals surface area contributed by atoms with Gasteiger partial charge in [0.15, 0.2) is 9.84 Å². The number of rotatable bonds is 6. The van der Waals surface area contributed by atoms with Crippen molar-refractivity contribution in [2.45, 2.75) is 37.5 Å². The Labute approximate surface area is 162 Å². The van der Waals surface area contributed by atoms with Gasteiger partial charge in [-0.3, -0.25) is 4.90 Å². The average Bonchev–Trinajstić information content (AvgIpc) is 3.32. The monoisotopic (exact) mass is 385 g/mol. The summed E-state index contributed by atoms with van der Waals surface area (Å²) in [6.07, 6.45) is 3.02. The predicted octanol–water partition coefficient (Wildman–Crippen LogP) is 3.44. The molecule has 0 aliphatic carbocycles. The van der Waals surface area contributed by atoms with Crippen molar-refractivity contribution in [3.05, 3.63) is 71.8 Å². The lowest BCUT2D eigenvalue weighted by Gasteiger charge is -2.38. The third-order valence-electron chi connectivity index (χ3n) is 5.68. The highest BCUT2D eigenvalue weighted by Crippen LogP contribution is 2.34. The van der Waals surface area contributed by atoms with Crippen LogP contribution in [0.15, 0.2) is 60.7 Å². The summed E-state index contributed by atoms with van der Waals surface area (Å²) in [5, 5.41) is 0. The minimum atomic E-state index is -2.95. The molecule has 2 aromatic rings. The first-order chi connectivity index (χ1) is 13.1. The van der Waals surface area contributed by atoms with Crippen LogP contribution in [0.3, 0.4) is 0 Å². The van der Waals surface area contributed by atoms with Crippen LogP contribution in [0, 0.1) is 0 Å². The van der Waals surface area contributed by atoms with E-state index < -0.39 is 9.84 Å². The molecule has 2 aromatic carbocycles. The Morgan fingerprint density at radius 1 is 0.963 bits per heavy atom. The van der Waals surface area contributed by atoms with E-state index in [2.05, 4.69) is 53.4 Å². The van der Waals surface area contributed by atoms with E-state index in [1.807, 2.05) is 12.1 Å². The van der Waals surface area contributed by atoms with E-state index in [0.717, 1.165) is 26.0 Å². The van der Waals surface area contributed by atoms with Crippen LogP contribution in [-0.2, 0) is 14.6 Å². The van der Waals surface area contributed by atoms with E-state index in [1.54, 1.807) is 0 Å². The SMILES string of the molecule is O=S1(=O)CC[C@@H](N(C[C@H]2CCCO2)C(c2ccccc2)c2ccccc2)C1. The van der Waals surface area contributed by atoms with Gasteiger partial charge in [0.2, 0.25) is 0 Å². The quantitative estimate of drug-likeness (QED) is 0.764. The average molecular weight is 386 g/mol. The molecular formula is C22H27NO3S. The molecule has 2 aliphatic rings.